The number of ketones is 1. The molecule has 0 unspecified atom stereocenters. The minimum absolute atomic E-state index is 0.190. The minimum Gasteiger partial charge on any atom is -0.497 e. The maximum absolute atomic E-state index is 12.6. The van der Waals surface area contributed by atoms with E-state index in [1.165, 1.54) is 0 Å². The van der Waals surface area contributed by atoms with E-state index in [1.807, 2.05) is 48.5 Å². The monoisotopic (exact) mass is 324 g/mol. The van der Waals surface area contributed by atoms with Crippen LogP contribution in [0.5, 0.6) is 5.75 Å². The summed E-state index contributed by atoms with van der Waals surface area (Å²) < 4.78 is 5.20. The Kier molecular flexibility index (Phi) is 5.28. The van der Waals surface area contributed by atoms with Crippen molar-refractivity contribution in [2.45, 2.75) is 0 Å². The van der Waals surface area contributed by atoms with Crippen molar-refractivity contribution >= 4 is 5.78 Å². The molecule has 1 aliphatic rings. The number of hydrogen-bond donors (Lipinski definition) is 0. The van der Waals surface area contributed by atoms with Crippen molar-refractivity contribution in [1.29, 1.82) is 0 Å². The molecule has 0 N–H and O–H groups in total. The van der Waals surface area contributed by atoms with Gasteiger partial charge in [-0.1, -0.05) is 30.3 Å². The zero-order valence-electron chi connectivity index (χ0n) is 14.4. The van der Waals surface area contributed by atoms with Gasteiger partial charge in [-0.05, 0) is 36.4 Å². The van der Waals surface area contributed by atoms with E-state index < -0.39 is 0 Å². The van der Waals surface area contributed by atoms with Gasteiger partial charge in [0.05, 0.1) is 13.7 Å². The van der Waals surface area contributed by atoms with Crippen molar-refractivity contribution in [2.75, 3.05) is 46.9 Å². The van der Waals surface area contributed by atoms with Gasteiger partial charge in [-0.25, -0.2) is 0 Å². The summed E-state index contributed by atoms with van der Waals surface area (Å²) in [5.41, 5.74) is 2.93. The SMILES string of the molecule is COc1ccc(-c2cccc(C(=O)CN3CCN(C)CC3)c2)cc1. The average Bonchev–Trinajstić information content (AvgIpc) is 2.64. The molecule has 3 rings (SSSR count). The van der Waals surface area contributed by atoms with Crippen LogP contribution < -0.4 is 4.74 Å². The lowest BCUT2D eigenvalue weighted by Gasteiger charge is -2.31. The van der Waals surface area contributed by atoms with Crippen LogP contribution in [0.15, 0.2) is 48.5 Å². The maximum Gasteiger partial charge on any atom is 0.176 e. The van der Waals surface area contributed by atoms with Gasteiger partial charge in [-0.3, -0.25) is 9.69 Å². The Balaban J connectivity index is 1.71. The summed E-state index contributed by atoms with van der Waals surface area (Å²) in [6, 6.07) is 15.8. The summed E-state index contributed by atoms with van der Waals surface area (Å²) in [5, 5.41) is 0. The number of rotatable bonds is 5. The van der Waals surface area contributed by atoms with Crippen LogP contribution in [-0.4, -0.2) is 62.5 Å². The van der Waals surface area contributed by atoms with E-state index in [0.717, 1.165) is 48.6 Å². The van der Waals surface area contributed by atoms with Gasteiger partial charge < -0.3 is 9.64 Å². The first kappa shape index (κ1) is 16.7. The Bertz CT molecular complexity index is 689. The van der Waals surface area contributed by atoms with Crippen molar-refractivity contribution in [2.24, 2.45) is 0 Å². The first-order valence-electron chi connectivity index (χ1n) is 8.34. The number of nitrogens with zero attached hydrogens (tertiary/aromatic N) is 2. The second-order valence-corrected chi connectivity index (χ2v) is 6.31. The zero-order valence-corrected chi connectivity index (χ0v) is 14.4. The summed E-state index contributed by atoms with van der Waals surface area (Å²) in [7, 11) is 3.78. The Morgan fingerprint density at radius 2 is 1.71 bits per heavy atom. The van der Waals surface area contributed by atoms with Gasteiger partial charge in [0.25, 0.3) is 0 Å². The van der Waals surface area contributed by atoms with Crippen molar-refractivity contribution in [1.82, 2.24) is 9.80 Å². The second kappa shape index (κ2) is 7.60. The standard InChI is InChI=1S/C20H24N2O2/c1-21-10-12-22(13-11-21)15-20(23)18-5-3-4-17(14-18)16-6-8-19(24-2)9-7-16/h3-9,14H,10-13,15H2,1-2H3. The lowest BCUT2D eigenvalue weighted by molar-refractivity contribution is 0.0876. The van der Waals surface area contributed by atoms with Crippen LogP contribution in [0.25, 0.3) is 11.1 Å². The predicted molar refractivity (Wildman–Crippen MR) is 96.7 cm³/mol. The number of hydrogen-bond acceptors (Lipinski definition) is 4. The molecule has 24 heavy (non-hydrogen) atoms. The molecule has 4 nitrogen and oxygen atoms in total. The first-order valence-corrected chi connectivity index (χ1v) is 8.34. The van der Waals surface area contributed by atoms with Gasteiger partial charge >= 0.3 is 0 Å². The van der Waals surface area contributed by atoms with Gasteiger partial charge in [-0.2, -0.15) is 0 Å². The highest BCUT2D eigenvalue weighted by atomic mass is 16.5. The number of Topliss-reactive ketones (excluding diaryl/α,β-unsaturated/α-hetero) is 1. The smallest absolute Gasteiger partial charge is 0.176 e. The highest BCUT2D eigenvalue weighted by molar-refractivity contribution is 5.98. The first-order chi connectivity index (χ1) is 11.7. The van der Waals surface area contributed by atoms with E-state index in [-0.39, 0.29) is 5.78 Å². The quantitative estimate of drug-likeness (QED) is 0.792. The normalized spacial score (nSPS) is 16.1. The molecule has 4 heteroatoms. The highest BCUT2D eigenvalue weighted by Gasteiger charge is 2.17. The molecule has 1 aliphatic heterocycles. The van der Waals surface area contributed by atoms with Gasteiger partial charge in [0.1, 0.15) is 5.75 Å². The summed E-state index contributed by atoms with van der Waals surface area (Å²) >= 11 is 0. The molecule has 0 spiro atoms. The summed E-state index contributed by atoms with van der Waals surface area (Å²) in [5.74, 6) is 1.02. The third-order valence-electron chi connectivity index (χ3n) is 4.57. The van der Waals surface area contributed by atoms with Crippen LogP contribution >= 0.6 is 0 Å². The number of ether oxygens (including phenoxy) is 1. The van der Waals surface area contributed by atoms with Crippen LogP contribution in [0.3, 0.4) is 0 Å². The van der Waals surface area contributed by atoms with Crippen LogP contribution in [-0.2, 0) is 0 Å². The number of methoxy groups -OCH3 is 1. The second-order valence-electron chi connectivity index (χ2n) is 6.31. The van der Waals surface area contributed by atoms with Gasteiger partial charge in [-0.15, -0.1) is 0 Å². The largest absolute Gasteiger partial charge is 0.497 e. The van der Waals surface area contributed by atoms with E-state index >= 15 is 0 Å². The molecule has 2 aromatic carbocycles. The van der Waals surface area contributed by atoms with E-state index in [0.29, 0.717) is 6.54 Å². The van der Waals surface area contributed by atoms with Crippen molar-refractivity contribution in [3.63, 3.8) is 0 Å². The fourth-order valence-corrected chi connectivity index (χ4v) is 2.96. The Labute approximate surface area is 143 Å². The van der Waals surface area contributed by atoms with E-state index in [1.54, 1.807) is 7.11 Å². The molecular formula is C20H24N2O2. The fourth-order valence-electron chi connectivity index (χ4n) is 2.96. The van der Waals surface area contributed by atoms with Gasteiger partial charge in [0.2, 0.25) is 0 Å². The molecule has 0 bridgehead atoms. The number of piperazine rings is 1. The summed E-state index contributed by atoms with van der Waals surface area (Å²) in [6.07, 6.45) is 0. The molecule has 1 fully saturated rings. The molecular weight excluding hydrogens is 300 g/mol. The Hall–Kier alpha value is -2.17. The minimum atomic E-state index is 0.190. The molecule has 2 aromatic rings. The fraction of sp³-hybridized carbons (Fsp3) is 0.350. The summed E-state index contributed by atoms with van der Waals surface area (Å²) in [4.78, 5) is 17.1. The maximum atomic E-state index is 12.6. The van der Waals surface area contributed by atoms with Crippen molar-refractivity contribution in [3.05, 3.63) is 54.1 Å². The molecule has 126 valence electrons. The third kappa shape index (κ3) is 4.02. The number of likely N-dealkylation sites (N-methyl/N-ethyl adjacent to an activating group) is 1. The highest BCUT2D eigenvalue weighted by Crippen LogP contribution is 2.23. The third-order valence-corrected chi connectivity index (χ3v) is 4.57. The molecule has 1 heterocycles. The van der Waals surface area contributed by atoms with Crippen LogP contribution in [0.1, 0.15) is 10.4 Å². The number of benzene rings is 2. The molecule has 0 aromatic heterocycles. The summed E-state index contributed by atoms with van der Waals surface area (Å²) in [6.45, 7) is 4.47. The molecule has 0 atom stereocenters. The zero-order chi connectivity index (χ0) is 16.9. The van der Waals surface area contributed by atoms with Crippen molar-refractivity contribution in [3.8, 4) is 16.9 Å². The van der Waals surface area contributed by atoms with E-state index in [2.05, 4.69) is 16.8 Å². The van der Waals surface area contributed by atoms with E-state index in [9.17, 15) is 4.79 Å². The molecule has 0 saturated carbocycles. The molecule has 0 amide bonds. The molecule has 0 radical (unpaired) electrons. The van der Waals surface area contributed by atoms with Crippen LogP contribution in [0.4, 0.5) is 0 Å². The number of carbonyl (C=O) groups excluding carboxylic acids is 1. The Morgan fingerprint density at radius 3 is 2.38 bits per heavy atom. The Morgan fingerprint density at radius 1 is 1.00 bits per heavy atom. The lowest BCUT2D eigenvalue weighted by atomic mass is 10.0. The molecule has 1 saturated heterocycles. The number of carbonyl (C=O) groups is 1. The van der Waals surface area contributed by atoms with Gasteiger partial charge in [0, 0.05) is 31.7 Å². The van der Waals surface area contributed by atoms with Crippen molar-refractivity contribution < 1.29 is 9.53 Å². The lowest BCUT2D eigenvalue weighted by Crippen LogP contribution is -2.46. The topological polar surface area (TPSA) is 32.8 Å². The van der Waals surface area contributed by atoms with Gasteiger partial charge in [0.15, 0.2) is 5.78 Å². The molecule has 0 aliphatic carbocycles. The van der Waals surface area contributed by atoms with Crippen LogP contribution in [0.2, 0.25) is 0 Å². The van der Waals surface area contributed by atoms with E-state index in [4.69, 9.17) is 4.74 Å². The average molecular weight is 324 g/mol. The predicted octanol–water partition coefficient (Wildman–Crippen LogP) is 2.79. The van der Waals surface area contributed by atoms with Crippen LogP contribution in [0, 0.1) is 0 Å².